The Labute approximate surface area is 160 Å². The van der Waals surface area contributed by atoms with E-state index in [0.29, 0.717) is 28.8 Å². The van der Waals surface area contributed by atoms with Crippen LogP contribution in [0, 0.1) is 0 Å². The van der Waals surface area contributed by atoms with E-state index in [2.05, 4.69) is 4.99 Å². The number of carbonyl (C=O) groups excluding carboxylic acids is 1. The van der Waals surface area contributed by atoms with Gasteiger partial charge < -0.3 is 5.11 Å². The van der Waals surface area contributed by atoms with E-state index in [1.54, 1.807) is 29.2 Å². The van der Waals surface area contributed by atoms with Crippen LogP contribution >= 0.6 is 23.4 Å². The predicted octanol–water partition coefficient (Wildman–Crippen LogP) is 3.99. The summed E-state index contributed by atoms with van der Waals surface area (Å²) in [5.41, 5.74) is 1.78. The number of benzene rings is 2. The lowest BCUT2D eigenvalue weighted by atomic mass is 10.1. The summed E-state index contributed by atoms with van der Waals surface area (Å²) in [5, 5.41) is 9.54. The summed E-state index contributed by atoms with van der Waals surface area (Å²) in [6.45, 7) is 0.457. The lowest BCUT2D eigenvalue weighted by Gasteiger charge is -2.16. The maximum absolute atomic E-state index is 12.7. The Balaban J connectivity index is 1.81. The van der Waals surface area contributed by atoms with Crippen molar-refractivity contribution in [1.29, 1.82) is 0 Å². The zero-order valence-corrected chi connectivity index (χ0v) is 15.4. The maximum atomic E-state index is 12.7. The monoisotopic (exact) mass is 388 g/mol. The zero-order chi connectivity index (χ0) is 18.5. The van der Waals surface area contributed by atoms with Crippen LogP contribution in [-0.2, 0) is 16.0 Å². The van der Waals surface area contributed by atoms with Crippen molar-refractivity contribution in [3.8, 4) is 0 Å². The van der Waals surface area contributed by atoms with Gasteiger partial charge in [-0.05, 0) is 36.2 Å². The molecular weight excluding hydrogens is 372 g/mol. The molecule has 0 aliphatic carbocycles. The molecule has 1 aliphatic heterocycles. The molecule has 0 aromatic heterocycles. The van der Waals surface area contributed by atoms with Crippen molar-refractivity contribution in [2.75, 3.05) is 6.54 Å². The Morgan fingerprint density at radius 1 is 1.15 bits per heavy atom. The van der Waals surface area contributed by atoms with Gasteiger partial charge in [0.15, 0.2) is 5.17 Å². The molecule has 0 bridgehead atoms. The number of amides is 1. The standard InChI is InChI=1S/C19H17ClN2O3S/c20-14-6-8-15(9-7-14)21-19-22(11-10-13-4-2-1-3-5-13)18(25)16(26-19)12-17(23)24/h1-9,16H,10-12H2,(H,23,24). The highest BCUT2D eigenvalue weighted by Gasteiger charge is 2.38. The second-order valence-corrected chi connectivity index (χ2v) is 7.41. The van der Waals surface area contributed by atoms with Crippen LogP contribution in [0.15, 0.2) is 59.6 Å². The first kappa shape index (κ1) is 18.5. The van der Waals surface area contributed by atoms with E-state index in [-0.39, 0.29) is 12.3 Å². The minimum absolute atomic E-state index is 0.207. The lowest BCUT2D eigenvalue weighted by molar-refractivity contribution is -0.139. The molecule has 1 atom stereocenters. The number of aliphatic carboxylic acids is 1. The van der Waals surface area contributed by atoms with Gasteiger partial charge in [0.05, 0.1) is 12.1 Å². The van der Waals surface area contributed by atoms with Crippen LogP contribution in [-0.4, -0.2) is 38.8 Å². The number of amidine groups is 1. The highest BCUT2D eigenvalue weighted by atomic mass is 35.5. The molecule has 3 rings (SSSR count). The van der Waals surface area contributed by atoms with Gasteiger partial charge in [-0.25, -0.2) is 4.99 Å². The number of carboxylic acids is 1. The molecule has 1 N–H and O–H groups in total. The minimum Gasteiger partial charge on any atom is -0.481 e. The van der Waals surface area contributed by atoms with Crippen LogP contribution in [0.5, 0.6) is 0 Å². The first-order chi connectivity index (χ1) is 12.5. The van der Waals surface area contributed by atoms with Gasteiger partial charge in [0.2, 0.25) is 5.91 Å². The summed E-state index contributed by atoms with van der Waals surface area (Å²) in [6, 6.07) is 16.8. The van der Waals surface area contributed by atoms with E-state index in [1.165, 1.54) is 11.8 Å². The summed E-state index contributed by atoms with van der Waals surface area (Å²) in [4.78, 5) is 29.8. The fourth-order valence-electron chi connectivity index (χ4n) is 2.60. The number of carbonyl (C=O) groups is 2. The Morgan fingerprint density at radius 3 is 2.50 bits per heavy atom. The molecule has 2 aromatic rings. The number of carboxylic acid groups (broad SMARTS) is 1. The van der Waals surface area contributed by atoms with Crippen LogP contribution in [0.25, 0.3) is 0 Å². The smallest absolute Gasteiger partial charge is 0.305 e. The van der Waals surface area contributed by atoms with Gasteiger partial charge in [-0.1, -0.05) is 53.7 Å². The molecule has 2 aromatic carbocycles. The average molecular weight is 389 g/mol. The van der Waals surface area contributed by atoms with Gasteiger partial charge in [0.1, 0.15) is 5.25 Å². The Bertz CT molecular complexity index is 824. The summed E-state index contributed by atoms with van der Waals surface area (Å²) < 4.78 is 0. The SMILES string of the molecule is O=C(O)CC1SC(=Nc2ccc(Cl)cc2)N(CCc2ccccc2)C1=O. The van der Waals surface area contributed by atoms with Crippen molar-refractivity contribution >= 4 is 46.1 Å². The molecule has 1 saturated heterocycles. The van der Waals surface area contributed by atoms with E-state index >= 15 is 0 Å². The van der Waals surface area contributed by atoms with Crippen LogP contribution in [0.1, 0.15) is 12.0 Å². The Morgan fingerprint density at radius 2 is 1.85 bits per heavy atom. The van der Waals surface area contributed by atoms with Crippen LogP contribution in [0.4, 0.5) is 5.69 Å². The number of hydrogen-bond donors (Lipinski definition) is 1. The first-order valence-corrected chi connectivity index (χ1v) is 9.37. The number of hydrogen-bond acceptors (Lipinski definition) is 4. The fraction of sp³-hybridized carbons (Fsp3) is 0.211. The number of halogens is 1. The first-order valence-electron chi connectivity index (χ1n) is 8.11. The molecule has 0 radical (unpaired) electrons. The molecule has 1 amide bonds. The van der Waals surface area contributed by atoms with Crippen LogP contribution in [0.2, 0.25) is 5.02 Å². The molecule has 1 heterocycles. The topological polar surface area (TPSA) is 70.0 Å². The lowest BCUT2D eigenvalue weighted by Crippen LogP contribution is -2.34. The van der Waals surface area contributed by atoms with Crippen molar-refractivity contribution in [1.82, 2.24) is 4.90 Å². The number of aliphatic imine (C=N–C) groups is 1. The largest absolute Gasteiger partial charge is 0.481 e. The second-order valence-electron chi connectivity index (χ2n) is 5.80. The van der Waals surface area contributed by atoms with Gasteiger partial charge in [0, 0.05) is 11.6 Å². The Kier molecular flexibility index (Phi) is 5.96. The van der Waals surface area contributed by atoms with E-state index in [1.807, 2.05) is 30.3 Å². The average Bonchev–Trinajstić information content (AvgIpc) is 2.90. The van der Waals surface area contributed by atoms with Crippen molar-refractivity contribution in [3.63, 3.8) is 0 Å². The maximum Gasteiger partial charge on any atom is 0.305 e. The molecule has 7 heteroatoms. The molecule has 0 saturated carbocycles. The van der Waals surface area contributed by atoms with Crippen molar-refractivity contribution in [3.05, 3.63) is 65.2 Å². The number of rotatable bonds is 6. The highest BCUT2D eigenvalue weighted by Crippen LogP contribution is 2.32. The third kappa shape index (κ3) is 4.65. The number of thioether (sulfide) groups is 1. The normalized spacial score (nSPS) is 18.5. The third-order valence-corrected chi connectivity index (χ3v) is 5.33. The summed E-state index contributed by atoms with van der Waals surface area (Å²) in [6.07, 6.45) is 0.456. The van der Waals surface area contributed by atoms with E-state index in [9.17, 15) is 9.59 Å². The summed E-state index contributed by atoms with van der Waals surface area (Å²) in [7, 11) is 0. The minimum atomic E-state index is -0.994. The molecule has 1 aliphatic rings. The van der Waals surface area contributed by atoms with E-state index in [4.69, 9.17) is 16.7 Å². The summed E-state index contributed by atoms with van der Waals surface area (Å²) in [5.74, 6) is -1.20. The van der Waals surface area contributed by atoms with Gasteiger partial charge >= 0.3 is 5.97 Å². The van der Waals surface area contributed by atoms with Gasteiger partial charge in [-0.15, -0.1) is 0 Å². The Hall–Kier alpha value is -2.31. The van der Waals surface area contributed by atoms with Crippen molar-refractivity contribution in [2.45, 2.75) is 18.1 Å². The quantitative estimate of drug-likeness (QED) is 0.812. The van der Waals surface area contributed by atoms with Crippen LogP contribution < -0.4 is 0 Å². The molecule has 1 unspecified atom stereocenters. The van der Waals surface area contributed by atoms with E-state index in [0.717, 1.165) is 5.56 Å². The molecule has 5 nitrogen and oxygen atoms in total. The molecule has 1 fully saturated rings. The second kappa shape index (κ2) is 8.38. The van der Waals surface area contributed by atoms with Gasteiger partial charge in [0.25, 0.3) is 0 Å². The van der Waals surface area contributed by atoms with Gasteiger partial charge in [-0.3, -0.25) is 14.5 Å². The van der Waals surface area contributed by atoms with Crippen LogP contribution in [0.3, 0.4) is 0 Å². The highest BCUT2D eigenvalue weighted by molar-refractivity contribution is 8.15. The van der Waals surface area contributed by atoms with Crippen molar-refractivity contribution in [2.24, 2.45) is 4.99 Å². The fourth-order valence-corrected chi connectivity index (χ4v) is 3.90. The predicted molar refractivity (Wildman–Crippen MR) is 104 cm³/mol. The van der Waals surface area contributed by atoms with E-state index < -0.39 is 11.2 Å². The third-order valence-electron chi connectivity index (χ3n) is 3.90. The zero-order valence-electron chi connectivity index (χ0n) is 13.8. The molecule has 26 heavy (non-hydrogen) atoms. The van der Waals surface area contributed by atoms with Crippen molar-refractivity contribution < 1.29 is 14.7 Å². The van der Waals surface area contributed by atoms with Gasteiger partial charge in [-0.2, -0.15) is 0 Å². The summed E-state index contributed by atoms with van der Waals surface area (Å²) >= 11 is 7.10. The molecule has 134 valence electrons. The molecular formula is C19H17ClN2O3S. The molecule has 0 spiro atoms. The number of nitrogens with zero attached hydrogens (tertiary/aromatic N) is 2.